The van der Waals surface area contributed by atoms with Crippen molar-refractivity contribution in [1.82, 2.24) is 10.1 Å². The maximum atomic E-state index is 11.4. The van der Waals surface area contributed by atoms with Crippen molar-refractivity contribution in [3.05, 3.63) is 47.3 Å². The molecule has 5 nitrogen and oxygen atoms in total. The van der Waals surface area contributed by atoms with Gasteiger partial charge in [0.2, 0.25) is 0 Å². The van der Waals surface area contributed by atoms with Gasteiger partial charge in [-0.05, 0) is 29.7 Å². The Hall–Kier alpha value is -2.14. The van der Waals surface area contributed by atoms with Gasteiger partial charge in [-0.25, -0.2) is 0 Å². The van der Waals surface area contributed by atoms with E-state index in [1.807, 2.05) is 6.07 Å². The molecule has 3 rings (SSSR count). The van der Waals surface area contributed by atoms with E-state index in [2.05, 4.69) is 10.1 Å². The van der Waals surface area contributed by atoms with Crippen LogP contribution in [0, 0.1) is 0 Å². The Morgan fingerprint density at radius 2 is 2.37 bits per heavy atom. The third-order valence-electron chi connectivity index (χ3n) is 3.49. The average Bonchev–Trinajstić information content (AvgIpc) is 2.91. The standard InChI is InChI=1S/C14H14N2O3/c17-9-14-13-2-1-12(18)7-10(13)3-5-16(14)8-11-4-6-19-15-11/h1-2,4,6-7,9,14,18H,3,5,8H2. The van der Waals surface area contributed by atoms with Gasteiger partial charge in [0.05, 0.1) is 11.7 Å². The van der Waals surface area contributed by atoms with Crippen LogP contribution in [0.4, 0.5) is 0 Å². The van der Waals surface area contributed by atoms with Gasteiger partial charge in [-0.1, -0.05) is 11.2 Å². The number of phenolic OH excluding ortho intramolecular Hbond substituents is 1. The van der Waals surface area contributed by atoms with E-state index in [0.717, 1.165) is 36.1 Å². The first-order chi connectivity index (χ1) is 9.28. The molecule has 0 saturated carbocycles. The summed E-state index contributed by atoms with van der Waals surface area (Å²) in [5, 5.41) is 13.4. The molecule has 0 spiro atoms. The van der Waals surface area contributed by atoms with Gasteiger partial charge in [0.1, 0.15) is 18.3 Å². The molecule has 1 aromatic carbocycles. The Morgan fingerprint density at radius 1 is 1.47 bits per heavy atom. The SMILES string of the molecule is O=CC1c2ccc(O)cc2CCN1Cc1ccon1. The predicted molar refractivity (Wildman–Crippen MR) is 67.5 cm³/mol. The Kier molecular flexibility index (Phi) is 3.05. The van der Waals surface area contributed by atoms with E-state index < -0.39 is 0 Å². The van der Waals surface area contributed by atoms with Crippen LogP contribution in [0.3, 0.4) is 0 Å². The highest BCUT2D eigenvalue weighted by atomic mass is 16.5. The Labute approximate surface area is 110 Å². The number of benzene rings is 1. The van der Waals surface area contributed by atoms with Crippen molar-refractivity contribution in [3.8, 4) is 5.75 Å². The van der Waals surface area contributed by atoms with Gasteiger partial charge in [-0.15, -0.1) is 0 Å². The molecule has 0 amide bonds. The Bertz CT molecular complexity index is 580. The number of nitrogens with zero attached hydrogens (tertiary/aromatic N) is 2. The smallest absolute Gasteiger partial charge is 0.141 e. The molecule has 19 heavy (non-hydrogen) atoms. The molecule has 98 valence electrons. The van der Waals surface area contributed by atoms with E-state index in [-0.39, 0.29) is 11.8 Å². The van der Waals surface area contributed by atoms with Gasteiger partial charge in [0.25, 0.3) is 0 Å². The second kappa shape index (κ2) is 4.85. The lowest BCUT2D eigenvalue weighted by Gasteiger charge is -2.33. The number of carbonyl (C=O) groups is 1. The largest absolute Gasteiger partial charge is 0.508 e. The molecule has 1 unspecified atom stereocenters. The molecule has 0 fully saturated rings. The van der Waals surface area contributed by atoms with Crippen LogP contribution < -0.4 is 0 Å². The monoisotopic (exact) mass is 258 g/mol. The van der Waals surface area contributed by atoms with E-state index in [0.29, 0.717) is 6.54 Å². The van der Waals surface area contributed by atoms with Crippen molar-refractivity contribution in [2.24, 2.45) is 0 Å². The van der Waals surface area contributed by atoms with Crippen LogP contribution in [0.15, 0.2) is 35.1 Å². The highest BCUT2D eigenvalue weighted by molar-refractivity contribution is 5.64. The van der Waals surface area contributed by atoms with Crippen molar-refractivity contribution >= 4 is 6.29 Å². The van der Waals surface area contributed by atoms with E-state index in [4.69, 9.17) is 4.52 Å². The quantitative estimate of drug-likeness (QED) is 0.848. The third kappa shape index (κ3) is 2.24. The second-order valence-electron chi connectivity index (χ2n) is 4.68. The molecule has 1 atom stereocenters. The summed E-state index contributed by atoms with van der Waals surface area (Å²) in [5.41, 5.74) is 2.81. The van der Waals surface area contributed by atoms with Crippen LogP contribution >= 0.6 is 0 Å². The highest BCUT2D eigenvalue weighted by Gasteiger charge is 2.27. The van der Waals surface area contributed by atoms with Gasteiger partial charge in [0, 0.05) is 19.2 Å². The number of fused-ring (bicyclic) bond motifs is 1. The summed E-state index contributed by atoms with van der Waals surface area (Å²) in [6, 6.07) is 6.68. The van der Waals surface area contributed by atoms with Gasteiger partial charge in [-0.3, -0.25) is 4.90 Å². The molecular weight excluding hydrogens is 244 g/mol. The number of phenols is 1. The van der Waals surface area contributed by atoms with Crippen molar-refractivity contribution < 1.29 is 14.4 Å². The molecule has 0 bridgehead atoms. The molecule has 1 aromatic heterocycles. The number of carbonyl (C=O) groups excluding carboxylic acids is 1. The zero-order valence-corrected chi connectivity index (χ0v) is 10.3. The lowest BCUT2D eigenvalue weighted by molar-refractivity contribution is -0.113. The topological polar surface area (TPSA) is 66.6 Å². The third-order valence-corrected chi connectivity index (χ3v) is 3.49. The van der Waals surface area contributed by atoms with Crippen molar-refractivity contribution in [1.29, 1.82) is 0 Å². The number of aldehydes is 1. The number of hydrogen-bond acceptors (Lipinski definition) is 5. The Balaban J connectivity index is 1.89. The predicted octanol–water partition coefficient (Wildman–Crippen LogP) is 1.68. The highest BCUT2D eigenvalue weighted by Crippen LogP contribution is 2.31. The van der Waals surface area contributed by atoms with E-state index in [1.54, 1.807) is 18.2 Å². The summed E-state index contributed by atoms with van der Waals surface area (Å²) >= 11 is 0. The van der Waals surface area contributed by atoms with Crippen LogP contribution in [0.5, 0.6) is 5.75 Å². The van der Waals surface area contributed by atoms with Crippen LogP contribution in [0.25, 0.3) is 0 Å². The van der Waals surface area contributed by atoms with Gasteiger partial charge in [-0.2, -0.15) is 0 Å². The van der Waals surface area contributed by atoms with E-state index in [9.17, 15) is 9.90 Å². The van der Waals surface area contributed by atoms with E-state index in [1.165, 1.54) is 6.26 Å². The fraction of sp³-hybridized carbons (Fsp3) is 0.286. The fourth-order valence-corrected chi connectivity index (χ4v) is 2.56. The molecule has 0 saturated heterocycles. The molecule has 2 heterocycles. The molecule has 1 aliphatic rings. The number of hydrogen-bond donors (Lipinski definition) is 1. The van der Waals surface area contributed by atoms with Gasteiger partial charge < -0.3 is 14.4 Å². The summed E-state index contributed by atoms with van der Waals surface area (Å²) in [4.78, 5) is 13.5. The molecule has 0 radical (unpaired) electrons. The maximum Gasteiger partial charge on any atom is 0.141 e. The summed E-state index contributed by atoms with van der Waals surface area (Å²) in [6.45, 7) is 1.34. The summed E-state index contributed by atoms with van der Waals surface area (Å²) < 4.78 is 4.81. The second-order valence-corrected chi connectivity index (χ2v) is 4.68. The minimum Gasteiger partial charge on any atom is -0.508 e. The molecule has 1 N–H and O–H groups in total. The van der Waals surface area contributed by atoms with Crippen molar-refractivity contribution in [3.63, 3.8) is 0 Å². The van der Waals surface area contributed by atoms with Crippen LogP contribution in [0.2, 0.25) is 0 Å². The number of rotatable bonds is 3. The maximum absolute atomic E-state index is 11.4. The molecule has 0 aliphatic carbocycles. The number of aromatic nitrogens is 1. The zero-order chi connectivity index (χ0) is 13.2. The van der Waals surface area contributed by atoms with Crippen LogP contribution in [0.1, 0.15) is 22.9 Å². The van der Waals surface area contributed by atoms with Crippen LogP contribution in [-0.4, -0.2) is 28.0 Å². The van der Waals surface area contributed by atoms with Gasteiger partial charge in [0.15, 0.2) is 0 Å². The minimum absolute atomic E-state index is 0.244. The molecular formula is C14H14N2O3. The first kappa shape index (κ1) is 11.9. The summed E-state index contributed by atoms with van der Waals surface area (Å²) in [7, 11) is 0. The number of aromatic hydroxyl groups is 1. The summed E-state index contributed by atoms with van der Waals surface area (Å²) in [6.07, 6.45) is 3.28. The first-order valence-electron chi connectivity index (χ1n) is 6.18. The zero-order valence-electron chi connectivity index (χ0n) is 10.3. The fourth-order valence-electron chi connectivity index (χ4n) is 2.56. The Morgan fingerprint density at radius 3 is 3.11 bits per heavy atom. The summed E-state index contributed by atoms with van der Waals surface area (Å²) in [5.74, 6) is 0.244. The van der Waals surface area contributed by atoms with Gasteiger partial charge >= 0.3 is 0 Å². The molecule has 5 heteroatoms. The average molecular weight is 258 g/mol. The van der Waals surface area contributed by atoms with E-state index >= 15 is 0 Å². The minimum atomic E-state index is -0.291. The first-order valence-corrected chi connectivity index (χ1v) is 6.18. The van der Waals surface area contributed by atoms with Crippen molar-refractivity contribution in [2.75, 3.05) is 6.54 Å². The van der Waals surface area contributed by atoms with Crippen molar-refractivity contribution in [2.45, 2.75) is 19.0 Å². The normalized spacial score (nSPS) is 19.1. The lowest BCUT2D eigenvalue weighted by atomic mass is 9.93. The molecule has 1 aliphatic heterocycles. The molecule has 2 aromatic rings. The lowest BCUT2D eigenvalue weighted by Crippen LogP contribution is -2.35. The van der Waals surface area contributed by atoms with Crippen LogP contribution in [-0.2, 0) is 17.8 Å².